The number of aliphatic hydroxyl groups is 1. The normalized spacial score (nSPS) is 21.3. The van der Waals surface area contributed by atoms with E-state index in [0.29, 0.717) is 103 Å². The van der Waals surface area contributed by atoms with E-state index in [2.05, 4.69) is 0 Å². The highest BCUT2D eigenvalue weighted by molar-refractivity contribution is 5.68. The Morgan fingerprint density at radius 1 is 0.427 bits per heavy atom. The van der Waals surface area contributed by atoms with Gasteiger partial charge in [-0.15, -0.1) is 0 Å². The van der Waals surface area contributed by atoms with Gasteiger partial charge < -0.3 is 86.4 Å². The highest BCUT2D eigenvalue weighted by atomic mass is 16.6. The first-order valence-electron chi connectivity index (χ1n) is 23.9. The molecule has 3 aliphatic rings. The van der Waals surface area contributed by atoms with Crippen molar-refractivity contribution in [3.63, 3.8) is 0 Å². The van der Waals surface area contributed by atoms with E-state index in [1.807, 2.05) is 24.3 Å². The van der Waals surface area contributed by atoms with Crippen molar-refractivity contribution >= 4 is 0 Å². The van der Waals surface area contributed by atoms with Gasteiger partial charge in [0, 0.05) is 77.6 Å². The molecule has 0 aliphatic carbocycles. The molecule has 0 fully saturated rings. The van der Waals surface area contributed by atoms with Crippen LogP contribution < -0.4 is 61.6 Å². The van der Waals surface area contributed by atoms with Crippen molar-refractivity contribution < 1.29 is 86.4 Å². The van der Waals surface area contributed by atoms with E-state index < -0.39 is 48.5 Å². The van der Waals surface area contributed by atoms with Crippen LogP contribution in [0.5, 0.6) is 86.2 Å². The van der Waals surface area contributed by atoms with Crippen LogP contribution in [0.1, 0.15) is 74.7 Å². The first kappa shape index (κ1) is 52.1. The van der Waals surface area contributed by atoms with Crippen LogP contribution in [0.3, 0.4) is 0 Å². The van der Waals surface area contributed by atoms with E-state index in [1.54, 1.807) is 85.1 Å². The number of fused-ring (bicyclic) bond motifs is 3. The van der Waals surface area contributed by atoms with E-state index in [-0.39, 0.29) is 28.6 Å². The molecule has 6 aromatic rings. The molecule has 6 aromatic carbocycles. The summed E-state index contributed by atoms with van der Waals surface area (Å²) in [6, 6.07) is 22.2. The third kappa shape index (κ3) is 8.89. The summed E-state index contributed by atoms with van der Waals surface area (Å²) in [5, 5.41) is 36.5. The smallest absolute Gasteiger partial charge is 0.203 e. The summed E-state index contributed by atoms with van der Waals surface area (Å²) >= 11 is 0. The van der Waals surface area contributed by atoms with Crippen LogP contribution in [0, 0.1) is 0 Å². The van der Waals surface area contributed by atoms with Crippen molar-refractivity contribution in [2.75, 3.05) is 85.3 Å². The lowest BCUT2D eigenvalue weighted by Crippen LogP contribution is -2.40. The maximum atomic E-state index is 13.0. The van der Waals surface area contributed by atoms with Crippen LogP contribution in [0.15, 0.2) is 78.9 Å². The molecule has 8 unspecified atom stereocenters. The molecule has 0 radical (unpaired) electrons. The molecule has 18 nitrogen and oxygen atoms in total. The second-order valence-corrected chi connectivity index (χ2v) is 17.9. The Morgan fingerprint density at radius 3 is 1.52 bits per heavy atom. The number of benzene rings is 6. The quantitative estimate of drug-likeness (QED) is 0.0782. The van der Waals surface area contributed by atoms with Gasteiger partial charge >= 0.3 is 0 Å². The summed E-state index contributed by atoms with van der Waals surface area (Å²) < 4.78 is 92.4. The Labute approximate surface area is 434 Å². The van der Waals surface area contributed by atoms with Crippen LogP contribution in [0.25, 0.3) is 0 Å². The lowest BCUT2D eigenvalue weighted by atomic mass is 9.74. The zero-order valence-electron chi connectivity index (χ0n) is 43.8. The van der Waals surface area contributed by atoms with Crippen LogP contribution >= 0.6 is 0 Å². The summed E-state index contributed by atoms with van der Waals surface area (Å²) in [6.07, 6.45) is -5.37. The highest BCUT2D eigenvalue weighted by Crippen LogP contribution is 2.61. The number of aromatic hydroxyl groups is 2. The van der Waals surface area contributed by atoms with Crippen LogP contribution in [0.4, 0.5) is 0 Å². The largest absolute Gasteiger partial charge is 0.508 e. The number of phenols is 2. The van der Waals surface area contributed by atoms with Crippen molar-refractivity contribution in [3.05, 3.63) is 123 Å². The lowest BCUT2D eigenvalue weighted by Gasteiger charge is -2.44. The zero-order valence-corrected chi connectivity index (χ0v) is 43.8. The highest BCUT2D eigenvalue weighted by Gasteiger charge is 2.50. The van der Waals surface area contributed by atoms with Gasteiger partial charge in [0.25, 0.3) is 0 Å². The average Bonchev–Trinajstić information content (AvgIpc) is 3.46. The summed E-state index contributed by atoms with van der Waals surface area (Å²) in [7, 11) is 18.5. The Balaban J connectivity index is 1.33. The van der Waals surface area contributed by atoms with Gasteiger partial charge in [-0.05, 0) is 54.1 Å². The van der Waals surface area contributed by atoms with Gasteiger partial charge in [0.2, 0.25) is 11.5 Å². The Bertz CT molecular complexity index is 3010. The van der Waals surface area contributed by atoms with Gasteiger partial charge in [-0.25, -0.2) is 0 Å². The minimum Gasteiger partial charge on any atom is -0.508 e. The third-order valence-corrected chi connectivity index (χ3v) is 14.4. The van der Waals surface area contributed by atoms with E-state index in [9.17, 15) is 15.3 Å². The van der Waals surface area contributed by atoms with Gasteiger partial charge in [0.15, 0.2) is 52.8 Å². The number of methoxy groups -OCH3 is 12. The molecule has 0 saturated heterocycles. The molecular formula is C57H62O18. The van der Waals surface area contributed by atoms with Crippen molar-refractivity contribution in [1.82, 2.24) is 0 Å². The van der Waals surface area contributed by atoms with E-state index in [1.165, 1.54) is 54.8 Å². The van der Waals surface area contributed by atoms with Gasteiger partial charge in [0.05, 0.1) is 77.0 Å². The Hall–Kier alpha value is -7.80. The first-order valence-corrected chi connectivity index (χ1v) is 23.9. The third-order valence-electron chi connectivity index (χ3n) is 14.4. The zero-order chi connectivity index (χ0) is 53.4. The fraction of sp³-hybridized carbons (Fsp3) is 0.368. The molecule has 0 spiro atoms. The molecule has 398 valence electrons. The summed E-state index contributed by atoms with van der Waals surface area (Å²) in [5.74, 6) is 2.56. The molecule has 0 amide bonds. The standard InChI is InChI=1S/C57H62O18/c1-61-35-18-13-27(19-38(35)63-3)50-44(69-9)25-33-36(62-2)26-39(64-4)48(54(33)74-50)46-32-16-17-34(59)47(53(32)75-52(57(46)72-12)29-22-42(67-7)56(71-11)43(23-29)68-8)45-31-15-14-30(58)24-37(31)73-51(49(45)60)28-20-40(65-5)55(70-10)41(21-28)66-6/h13-24,26,44-46,49-52,57-60H,25H2,1-12H3. The monoisotopic (exact) mass is 1030 g/mol. The SMILES string of the molecule is COc1ccc(C2Oc3c(c(OC)cc(OC)c3C3c4ccc(O)c(C5c6ccc(O)cc6OC(c6cc(OC)c(OC)c(OC)c6)C5O)c4OC(c4cc(OC)c(OC)c(OC)c4)C3OC)CC2OC)cc1OC. The van der Waals surface area contributed by atoms with Crippen LogP contribution in [-0.2, 0) is 15.9 Å². The molecule has 3 aliphatic heterocycles. The number of hydrogen-bond donors (Lipinski definition) is 3. The number of aliphatic hydroxyl groups excluding tert-OH is 1. The van der Waals surface area contributed by atoms with Gasteiger partial charge in [0.1, 0.15) is 58.6 Å². The van der Waals surface area contributed by atoms with Crippen molar-refractivity contribution in [2.24, 2.45) is 0 Å². The molecule has 3 N–H and O–H groups in total. The summed E-state index contributed by atoms with van der Waals surface area (Å²) in [5.41, 5.74) is 4.17. The molecule has 0 saturated carbocycles. The minimum absolute atomic E-state index is 0.0907. The van der Waals surface area contributed by atoms with Crippen molar-refractivity contribution in [2.45, 2.75) is 54.9 Å². The molecule has 9 rings (SSSR count). The predicted molar refractivity (Wildman–Crippen MR) is 273 cm³/mol. The van der Waals surface area contributed by atoms with Gasteiger partial charge in [-0.1, -0.05) is 18.2 Å². The van der Waals surface area contributed by atoms with E-state index in [0.717, 1.165) is 5.56 Å². The minimum atomic E-state index is -1.44. The Kier molecular flexibility index (Phi) is 15.0. The van der Waals surface area contributed by atoms with E-state index >= 15 is 0 Å². The second-order valence-electron chi connectivity index (χ2n) is 17.9. The first-order chi connectivity index (χ1) is 36.4. The molecular weight excluding hydrogens is 973 g/mol. The second kappa shape index (κ2) is 21.6. The molecule has 8 atom stereocenters. The number of rotatable bonds is 17. The van der Waals surface area contributed by atoms with Crippen molar-refractivity contribution in [3.8, 4) is 86.2 Å². The fourth-order valence-corrected chi connectivity index (χ4v) is 10.9. The van der Waals surface area contributed by atoms with Crippen LogP contribution in [-0.4, -0.2) is 119 Å². The molecule has 0 aromatic heterocycles. The Morgan fingerprint density at radius 2 is 0.973 bits per heavy atom. The summed E-state index contributed by atoms with van der Waals surface area (Å²) in [4.78, 5) is 0. The number of hydrogen-bond acceptors (Lipinski definition) is 18. The fourth-order valence-electron chi connectivity index (χ4n) is 10.9. The predicted octanol–water partition coefficient (Wildman–Crippen LogP) is 8.78. The number of phenolic OH excluding ortho intramolecular Hbond substituents is 2. The average molecular weight is 1040 g/mol. The molecule has 75 heavy (non-hydrogen) atoms. The van der Waals surface area contributed by atoms with Crippen LogP contribution in [0.2, 0.25) is 0 Å². The molecule has 18 heteroatoms. The lowest BCUT2D eigenvalue weighted by molar-refractivity contribution is -0.0299. The maximum Gasteiger partial charge on any atom is 0.203 e. The van der Waals surface area contributed by atoms with Gasteiger partial charge in [-0.2, -0.15) is 0 Å². The van der Waals surface area contributed by atoms with Crippen molar-refractivity contribution in [1.29, 1.82) is 0 Å². The summed E-state index contributed by atoms with van der Waals surface area (Å²) in [6.45, 7) is 0. The molecule has 3 heterocycles. The van der Waals surface area contributed by atoms with E-state index in [4.69, 9.17) is 71.1 Å². The topological polar surface area (TPSA) is 199 Å². The van der Waals surface area contributed by atoms with Gasteiger partial charge in [-0.3, -0.25) is 0 Å². The number of ether oxygens (including phenoxy) is 15. The molecule has 0 bridgehead atoms. The maximum absolute atomic E-state index is 13.0.